The van der Waals surface area contributed by atoms with Crippen LogP contribution in [0.3, 0.4) is 0 Å². The number of esters is 1. The summed E-state index contributed by atoms with van der Waals surface area (Å²) >= 11 is 1.43. The Kier molecular flexibility index (Phi) is 4.11. The number of fused-ring (bicyclic) bond motifs is 1. The van der Waals surface area contributed by atoms with E-state index in [2.05, 4.69) is 9.97 Å². The highest BCUT2D eigenvalue weighted by atomic mass is 32.1. The number of ether oxygens (including phenoxy) is 1. The summed E-state index contributed by atoms with van der Waals surface area (Å²) in [4.78, 5) is 33.2. The number of hydrogen-bond donors (Lipinski definition) is 2. The van der Waals surface area contributed by atoms with Crippen molar-refractivity contribution in [2.24, 2.45) is 0 Å². The number of nitrogens with one attached hydrogen (secondary N) is 1. The molecule has 1 aromatic carbocycles. The van der Waals surface area contributed by atoms with Gasteiger partial charge in [-0.1, -0.05) is 12.1 Å². The number of aryl methyl sites for hydroxylation is 2. The molecule has 3 aromatic rings. The number of aromatic nitrogens is 2. The van der Waals surface area contributed by atoms with Crippen molar-refractivity contribution in [3.8, 4) is 5.75 Å². The molecule has 0 aliphatic rings. The van der Waals surface area contributed by atoms with E-state index in [-0.39, 0.29) is 22.7 Å². The summed E-state index contributed by atoms with van der Waals surface area (Å²) < 4.78 is 5.32. The van der Waals surface area contributed by atoms with Crippen LogP contribution in [0.25, 0.3) is 10.2 Å². The summed E-state index contributed by atoms with van der Waals surface area (Å²) in [7, 11) is 0. The molecule has 7 heteroatoms. The number of aromatic hydroxyl groups is 1. The molecule has 24 heavy (non-hydrogen) atoms. The number of rotatable bonds is 3. The number of hydrogen-bond acceptors (Lipinski definition) is 6. The van der Waals surface area contributed by atoms with E-state index < -0.39 is 12.1 Å². The van der Waals surface area contributed by atoms with Crippen LogP contribution < -0.4 is 5.56 Å². The number of thiophene rings is 1. The molecule has 0 bridgehead atoms. The summed E-state index contributed by atoms with van der Waals surface area (Å²) in [5, 5.41) is 10.3. The third-order valence-electron chi connectivity index (χ3n) is 3.85. The fourth-order valence-corrected chi connectivity index (χ4v) is 3.43. The van der Waals surface area contributed by atoms with Crippen LogP contribution in [0.1, 0.15) is 39.7 Å². The summed E-state index contributed by atoms with van der Waals surface area (Å²) in [6.07, 6.45) is -0.753. The molecule has 2 aromatic heterocycles. The lowest BCUT2D eigenvalue weighted by Gasteiger charge is -2.13. The van der Waals surface area contributed by atoms with Gasteiger partial charge in [0, 0.05) is 4.88 Å². The van der Waals surface area contributed by atoms with Gasteiger partial charge in [0.25, 0.3) is 5.56 Å². The first-order valence-electron chi connectivity index (χ1n) is 7.37. The molecule has 0 saturated heterocycles. The zero-order valence-corrected chi connectivity index (χ0v) is 14.2. The van der Waals surface area contributed by atoms with Crippen LogP contribution in [0.5, 0.6) is 5.75 Å². The lowest BCUT2D eigenvalue weighted by molar-refractivity contribution is 0.0317. The van der Waals surface area contributed by atoms with Crippen molar-refractivity contribution in [2.75, 3.05) is 0 Å². The molecule has 0 fully saturated rings. The van der Waals surface area contributed by atoms with Crippen LogP contribution in [0.15, 0.2) is 29.1 Å². The van der Waals surface area contributed by atoms with Crippen molar-refractivity contribution >= 4 is 27.5 Å². The van der Waals surface area contributed by atoms with Gasteiger partial charge in [-0.2, -0.15) is 0 Å². The number of carbonyl (C=O) groups excluding carboxylic acids is 1. The number of carbonyl (C=O) groups is 1. The van der Waals surface area contributed by atoms with Gasteiger partial charge in [-0.15, -0.1) is 11.3 Å². The van der Waals surface area contributed by atoms with Gasteiger partial charge in [0.2, 0.25) is 0 Å². The van der Waals surface area contributed by atoms with Gasteiger partial charge in [-0.25, -0.2) is 9.78 Å². The fourth-order valence-electron chi connectivity index (χ4n) is 2.39. The Labute approximate surface area is 141 Å². The Balaban J connectivity index is 1.92. The highest BCUT2D eigenvalue weighted by Gasteiger charge is 2.20. The zero-order chi connectivity index (χ0) is 17.4. The minimum absolute atomic E-state index is 0.0654. The van der Waals surface area contributed by atoms with E-state index in [9.17, 15) is 14.7 Å². The minimum atomic E-state index is -0.753. The van der Waals surface area contributed by atoms with Crippen molar-refractivity contribution in [1.82, 2.24) is 9.97 Å². The maximum Gasteiger partial charge on any atom is 0.342 e. The average Bonchev–Trinajstić information content (AvgIpc) is 2.82. The second kappa shape index (κ2) is 6.09. The SMILES string of the molecule is Cc1sc2nc([C@@H](C)OC(=O)c3ccccc3O)[nH]c(=O)c2c1C. The second-order valence-electron chi connectivity index (χ2n) is 5.48. The highest BCUT2D eigenvalue weighted by Crippen LogP contribution is 2.27. The predicted molar refractivity (Wildman–Crippen MR) is 91.7 cm³/mol. The number of H-pyrrole nitrogens is 1. The Morgan fingerprint density at radius 1 is 1.33 bits per heavy atom. The van der Waals surface area contributed by atoms with Gasteiger partial charge in [-0.3, -0.25) is 4.79 Å². The number of benzene rings is 1. The maximum atomic E-state index is 12.3. The van der Waals surface area contributed by atoms with Gasteiger partial charge >= 0.3 is 5.97 Å². The smallest absolute Gasteiger partial charge is 0.342 e. The topological polar surface area (TPSA) is 92.3 Å². The third kappa shape index (κ3) is 2.78. The summed E-state index contributed by atoms with van der Waals surface area (Å²) in [5.41, 5.74) is 0.729. The molecule has 0 aliphatic heterocycles. The first-order chi connectivity index (χ1) is 11.4. The van der Waals surface area contributed by atoms with E-state index in [0.717, 1.165) is 10.4 Å². The van der Waals surface area contributed by atoms with Gasteiger partial charge in [-0.05, 0) is 38.5 Å². The fraction of sp³-hybridized carbons (Fsp3) is 0.235. The van der Waals surface area contributed by atoms with E-state index in [0.29, 0.717) is 10.2 Å². The molecular formula is C17H16N2O4S. The molecule has 2 N–H and O–H groups in total. The van der Waals surface area contributed by atoms with E-state index in [1.54, 1.807) is 19.1 Å². The highest BCUT2D eigenvalue weighted by molar-refractivity contribution is 7.18. The van der Waals surface area contributed by atoms with Crippen molar-refractivity contribution in [3.05, 3.63) is 56.4 Å². The lowest BCUT2D eigenvalue weighted by atomic mass is 10.2. The maximum absolute atomic E-state index is 12.3. The summed E-state index contributed by atoms with van der Waals surface area (Å²) in [6, 6.07) is 6.12. The molecule has 0 saturated carbocycles. The quantitative estimate of drug-likeness (QED) is 0.712. The average molecular weight is 344 g/mol. The lowest BCUT2D eigenvalue weighted by Crippen LogP contribution is -2.17. The monoisotopic (exact) mass is 344 g/mol. The van der Waals surface area contributed by atoms with Crippen LogP contribution in [0.2, 0.25) is 0 Å². The van der Waals surface area contributed by atoms with Crippen molar-refractivity contribution < 1.29 is 14.6 Å². The molecule has 2 heterocycles. The van der Waals surface area contributed by atoms with E-state index in [1.165, 1.54) is 23.5 Å². The Bertz CT molecular complexity index is 990. The van der Waals surface area contributed by atoms with E-state index in [4.69, 9.17) is 4.74 Å². The van der Waals surface area contributed by atoms with Crippen molar-refractivity contribution in [3.63, 3.8) is 0 Å². The Morgan fingerprint density at radius 2 is 2.04 bits per heavy atom. The minimum Gasteiger partial charge on any atom is -0.507 e. The van der Waals surface area contributed by atoms with Gasteiger partial charge in [0.05, 0.1) is 5.39 Å². The Hall–Kier alpha value is -2.67. The predicted octanol–water partition coefficient (Wildman–Crippen LogP) is 3.23. The van der Waals surface area contributed by atoms with Crippen LogP contribution in [-0.2, 0) is 4.74 Å². The van der Waals surface area contributed by atoms with Crippen molar-refractivity contribution in [2.45, 2.75) is 26.9 Å². The normalized spacial score (nSPS) is 12.3. The number of para-hydroxylation sites is 1. The molecule has 1 atom stereocenters. The van der Waals surface area contributed by atoms with Crippen LogP contribution in [0.4, 0.5) is 0 Å². The van der Waals surface area contributed by atoms with Crippen molar-refractivity contribution in [1.29, 1.82) is 0 Å². The van der Waals surface area contributed by atoms with Gasteiger partial charge in [0.1, 0.15) is 16.1 Å². The molecule has 3 rings (SSSR count). The van der Waals surface area contributed by atoms with E-state index >= 15 is 0 Å². The number of phenolic OH excluding ortho intramolecular Hbond substituents is 1. The standard InChI is InChI=1S/C17H16N2O4S/c1-8-10(3)24-16-13(8)15(21)18-14(19-16)9(2)23-17(22)11-6-4-5-7-12(11)20/h4-7,9,20H,1-3H3,(H,18,19,21)/t9-/m1/s1. The first-order valence-corrected chi connectivity index (χ1v) is 8.19. The molecular weight excluding hydrogens is 328 g/mol. The Morgan fingerprint density at radius 3 is 2.75 bits per heavy atom. The van der Waals surface area contributed by atoms with Gasteiger partial charge in [0.15, 0.2) is 11.9 Å². The van der Waals surface area contributed by atoms with Crippen LogP contribution in [-0.4, -0.2) is 21.0 Å². The molecule has 0 spiro atoms. The number of phenols is 1. The van der Waals surface area contributed by atoms with Gasteiger partial charge < -0.3 is 14.8 Å². The molecule has 0 unspecified atom stereocenters. The third-order valence-corrected chi connectivity index (χ3v) is 4.95. The molecule has 6 nitrogen and oxygen atoms in total. The molecule has 0 amide bonds. The summed E-state index contributed by atoms with van der Waals surface area (Å²) in [5.74, 6) is -0.560. The molecule has 0 aliphatic carbocycles. The molecule has 124 valence electrons. The van der Waals surface area contributed by atoms with Crippen LogP contribution in [0, 0.1) is 13.8 Å². The van der Waals surface area contributed by atoms with Crippen LogP contribution >= 0.6 is 11.3 Å². The molecule has 0 radical (unpaired) electrons. The number of nitrogens with zero attached hydrogens (tertiary/aromatic N) is 1. The van der Waals surface area contributed by atoms with E-state index in [1.807, 2.05) is 13.8 Å². The number of aromatic amines is 1. The zero-order valence-electron chi connectivity index (χ0n) is 13.4. The largest absolute Gasteiger partial charge is 0.507 e. The second-order valence-corrected chi connectivity index (χ2v) is 6.68. The first kappa shape index (κ1) is 16.2. The summed E-state index contributed by atoms with van der Waals surface area (Å²) in [6.45, 7) is 5.43.